The van der Waals surface area contributed by atoms with Crippen molar-refractivity contribution in [1.29, 1.82) is 0 Å². The fourth-order valence-corrected chi connectivity index (χ4v) is 1.23. The van der Waals surface area contributed by atoms with Crippen molar-refractivity contribution in [2.45, 2.75) is 6.10 Å². The molecule has 1 rings (SSSR count). The number of nitrogens with zero attached hydrogens (tertiary/aromatic N) is 1. The Labute approximate surface area is 67.4 Å². The van der Waals surface area contributed by atoms with Crippen molar-refractivity contribution in [2.24, 2.45) is 0 Å². The summed E-state index contributed by atoms with van der Waals surface area (Å²) in [5.41, 5.74) is 0. The summed E-state index contributed by atoms with van der Waals surface area (Å²) in [6.07, 6.45) is 4.89. The lowest BCUT2D eigenvalue weighted by molar-refractivity contribution is 0.137. The van der Waals surface area contributed by atoms with Crippen LogP contribution < -0.4 is 5.32 Å². The predicted molar refractivity (Wildman–Crippen MR) is 44.1 cm³/mol. The van der Waals surface area contributed by atoms with Crippen LogP contribution in [0.5, 0.6) is 0 Å². The highest BCUT2D eigenvalue weighted by molar-refractivity contribution is 4.89. The summed E-state index contributed by atoms with van der Waals surface area (Å²) >= 11 is 0. The van der Waals surface area contributed by atoms with Gasteiger partial charge in [-0.1, -0.05) is 5.92 Å². The van der Waals surface area contributed by atoms with Gasteiger partial charge in [0.1, 0.15) is 0 Å². The Morgan fingerprint density at radius 3 is 3.27 bits per heavy atom. The number of hydrogen-bond acceptors (Lipinski definition) is 3. The molecule has 3 heteroatoms. The fraction of sp³-hybridized carbons (Fsp3) is 0.750. The Hall–Kier alpha value is -0.560. The van der Waals surface area contributed by atoms with Crippen molar-refractivity contribution in [1.82, 2.24) is 10.2 Å². The second-order valence-corrected chi connectivity index (χ2v) is 2.80. The number of aliphatic hydroxyl groups is 1. The minimum absolute atomic E-state index is 0.272. The Morgan fingerprint density at radius 1 is 1.73 bits per heavy atom. The van der Waals surface area contributed by atoms with Gasteiger partial charge in [-0.3, -0.25) is 4.90 Å². The van der Waals surface area contributed by atoms with E-state index in [-0.39, 0.29) is 6.10 Å². The van der Waals surface area contributed by atoms with Crippen LogP contribution in [0.4, 0.5) is 0 Å². The lowest BCUT2D eigenvalue weighted by Gasteiger charge is -2.17. The van der Waals surface area contributed by atoms with Gasteiger partial charge in [0.15, 0.2) is 0 Å². The van der Waals surface area contributed by atoms with Gasteiger partial charge in [0.05, 0.1) is 12.6 Å². The molecule has 1 fully saturated rings. The van der Waals surface area contributed by atoms with Gasteiger partial charge in [-0.15, -0.1) is 6.42 Å². The van der Waals surface area contributed by atoms with Crippen LogP contribution in [0.2, 0.25) is 0 Å². The molecule has 62 valence electrons. The fourth-order valence-electron chi connectivity index (χ4n) is 1.23. The standard InChI is InChI=1S/C8H14N2O/c1-2-4-10-5-3-9-6-8(11)7-10/h1,8-9,11H,3-7H2. The first-order chi connectivity index (χ1) is 5.33. The summed E-state index contributed by atoms with van der Waals surface area (Å²) in [5, 5.41) is 12.4. The molecule has 0 spiro atoms. The van der Waals surface area contributed by atoms with E-state index in [0.717, 1.165) is 13.1 Å². The van der Waals surface area contributed by atoms with Crippen molar-refractivity contribution in [2.75, 3.05) is 32.7 Å². The van der Waals surface area contributed by atoms with Gasteiger partial charge in [0.25, 0.3) is 0 Å². The van der Waals surface area contributed by atoms with Crippen molar-refractivity contribution in [3.05, 3.63) is 0 Å². The SMILES string of the molecule is C#CCN1CCNCC(O)C1. The van der Waals surface area contributed by atoms with Crippen LogP contribution in [-0.2, 0) is 0 Å². The van der Waals surface area contributed by atoms with E-state index in [0.29, 0.717) is 19.6 Å². The van der Waals surface area contributed by atoms with Crippen LogP contribution >= 0.6 is 0 Å². The molecular weight excluding hydrogens is 140 g/mol. The first kappa shape index (κ1) is 8.54. The molecule has 0 aromatic heterocycles. The van der Waals surface area contributed by atoms with Gasteiger partial charge in [-0.2, -0.15) is 0 Å². The maximum atomic E-state index is 9.31. The molecular formula is C8H14N2O. The molecule has 0 bridgehead atoms. The average molecular weight is 154 g/mol. The van der Waals surface area contributed by atoms with Crippen LogP contribution in [0.15, 0.2) is 0 Å². The number of rotatable bonds is 1. The van der Waals surface area contributed by atoms with Gasteiger partial charge in [0, 0.05) is 26.2 Å². The molecule has 0 radical (unpaired) electrons. The molecule has 1 aliphatic rings. The van der Waals surface area contributed by atoms with Crippen molar-refractivity contribution in [3.63, 3.8) is 0 Å². The van der Waals surface area contributed by atoms with Crippen LogP contribution in [0.3, 0.4) is 0 Å². The molecule has 11 heavy (non-hydrogen) atoms. The van der Waals surface area contributed by atoms with E-state index < -0.39 is 0 Å². The first-order valence-corrected chi connectivity index (χ1v) is 3.87. The molecule has 0 saturated carbocycles. The molecule has 1 unspecified atom stereocenters. The number of nitrogens with one attached hydrogen (secondary N) is 1. The molecule has 1 heterocycles. The molecule has 3 nitrogen and oxygen atoms in total. The van der Waals surface area contributed by atoms with E-state index in [4.69, 9.17) is 6.42 Å². The Bertz CT molecular complexity index is 153. The van der Waals surface area contributed by atoms with E-state index in [1.165, 1.54) is 0 Å². The summed E-state index contributed by atoms with van der Waals surface area (Å²) in [4.78, 5) is 2.07. The Balaban J connectivity index is 2.34. The predicted octanol–water partition coefficient (Wildman–Crippen LogP) is -1.11. The summed E-state index contributed by atoms with van der Waals surface area (Å²) < 4.78 is 0. The summed E-state index contributed by atoms with van der Waals surface area (Å²) in [5.74, 6) is 2.57. The Morgan fingerprint density at radius 2 is 2.55 bits per heavy atom. The van der Waals surface area contributed by atoms with E-state index >= 15 is 0 Å². The third-order valence-corrected chi connectivity index (χ3v) is 1.77. The monoisotopic (exact) mass is 154 g/mol. The molecule has 0 aromatic rings. The first-order valence-electron chi connectivity index (χ1n) is 3.87. The topological polar surface area (TPSA) is 35.5 Å². The lowest BCUT2D eigenvalue weighted by atomic mass is 10.3. The maximum Gasteiger partial charge on any atom is 0.0791 e. The molecule has 2 N–H and O–H groups in total. The highest BCUT2D eigenvalue weighted by Crippen LogP contribution is 1.94. The summed E-state index contributed by atoms with van der Waals surface area (Å²) in [6, 6.07) is 0. The van der Waals surface area contributed by atoms with Crippen molar-refractivity contribution < 1.29 is 5.11 Å². The molecule has 1 saturated heterocycles. The van der Waals surface area contributed by atoms with E-state index in [9.17, 15) is 5.11 Å². The minimum Gasteiger partial charge on any atom is -0.390 e. The molecule has 0 amide bonds. The lowest BCUT2D eigenvalue weighted by Crippen LogP contribution is -2.32. The number of β-amino-alcohol motifs (C(OH)–C–C–N with tert-alkyl or cyclic N) is 1. The van der Waals surface area contributed by atoms with E-state index in [1.54, 1.807) is 0 Å². The number of terminal acetylenes is 1. The van der Waals surface area contributed by atoms with E-state index in [1.807, 2.05) is 0 Å². The third kappa shape index (κ3) is 2.89. The average Bonchev–Trinajstić information content (AvgIpc) is 2.15. The summed E-state index contributed by atoms with van der Waals surface area (Å²) in [6.45, 7) is 3.86. The quantitative estimate of drug-likeness (QED) is 0.470. The highest BCUT2D eigenvalue weighted by Gasteiger charge is 2.13. The minimum atomic E-state index is -0.272. The molecule has 1 aliphatic heterocycles. The summed E-state index contributed by atoms with van der Waals surface area (Å²) in [7, 11) is 0. The molecule has 1 atom stereocenters. The second kappa shape index (κ2) is 4.35. The van der Waals surface area contributed by atoms with Gasteiger partial charge in [-0.25, -0.2) is 0 Å². The zero-order chi connectivity index (χ0) is 8.10. The van der Waals surface area contributed by atoms with Crippen LogP contribution in [0, 0.1) is 12.3 Å². The highest BCUT2D eigenvalue weighted by atomic mass is 16.3. The van der Waals surface area contributed by atoms with Crippen LogP contribution in [0.25, 0.3) is 0 Å². The molecule has 0 aliphatic carbocycles. The zero-order valence-electron chi connectivity index (χ0n) is 6.58. The third-order valence-electron chi connectivity index (χ3n) is 1.77. The Kier molecular flexibility index (Phi) is 3.37. The largest absolute Gasteiger partial charge is 0.390 e. The van der Waals surface area contributed by atoms with Gasteiger partial charge in [-0.05, 0) is 0 Å². The van der Waals surface area contributed by atoms with Gasteiger partial charge < -0.3 is 10.4 Å². The molecule has 0 aromatic carbocycles. The smallest absolute Gasteiger partial charge is 0.0791 e. The zero-order valence-corrected chi connectivity index (χ0v) is 6.58. The normalized spacial score (nSPS) is 27.5. The maximum absolute atomic E-state index is 9.31. The van der Waals surface area contributed by atoms with Crippen molar-refractivity contribution in [3.8, 4) is 12.3 Å². The van der Waals surface area contributed by atoms with Crippen LogP contribution in [-0.4, -0.2) is 48.8 Å². The van der Waals surface area contributed by atoms with Crippen molar-refractivity contribution >= 4 is 0 Å². The second-order valence-electron chi connectivity index (χ2n) is 2.80. The van der Waals surface area contributed by atoms with E-state index in [2.05, 4.69) is 16.1 Å². The van der Waals surface area contributed by atoms with Gasteiger partial charge in [0.2, 0.25) is 0 Å². The van der Waals surface area contributed by atoms with Gasteiger partial charge >= 0.3 is 0 Å². The van der Waals surface area contributed by atoms with Crippen LogP contribution in [0.1, 0.15) is 0 Å². The number of hydrogen-bond donors (Lipinski definition) is 2. The number of aliphatic hydroxyl groups excluding tert-OH is 1.